The number of rotatable bonds is 2. The highest BCUT2D eigenvalue weighted by Gasteiger charge is 2.27. The van der Waals surface area contributed by atoms with E-state index in [1.165, 1.54) is 24.1 Å². The number of hydrogen-bond acceptors (Lipinski definition) is 3. The molecule has 0 aromatic carbocycles. The van der Waals surface area contributed by atoms with Crippen LogP contribution < -0.4 is 4.90 Å². The van der Waals surface area contributed by atoms with E-state index in [1.807, 2.05) is 30.9 Å². The highest BCUT2D eigenvalue weighted by Crippen LogP contribution is 2.38. The highest BCUT2D eigenvalue weighted by atomic mass is 79.9. The van der Waals surface area contributed by atoms with Crippen molar-refractivity contribution in [3.8, 4) is 0 Å². The third kappa shape index (κ3) is 2.12. The van der Waals surface area contributed by atoms with E-state index in [9.17, 15) is 0 Å². The summed E-state index contributed by atoms with van der Waals surface area (Å²) in [6.07, 6.45) is 9.89. The Kier molecular flexibility index (Phi) is 3.28. The molecule has 18 heavy (non-hydrogen) atoms. The lowest BCUT2D eigenvalue weighted by Gasteiger charge is -2.27. The van der Waals surface area contributed by atoms with Crippen molar-refractivity contribution in [2.75, 3.05) is 11.4 Å². The Labute approximate surface area is 115 Å². The van der Waals surface area contributed by atoms with Gasteiger partial charge in [0, 0.05) is 31.3 Å². The van der Waals surface area contributed by atoms with E-state index in [4.69, 9.17) is 0 Å². The molecule has 3 rings (SSSR count). The minimum absolute atomic E-state index is 0.428. The molecule has 0 amide bonds. The Hall–Kier alpha value is -1.42. The SMILES string of the molecule is Brc1cnccc1N1CCCC1c1cccnc1. The Morgan fingerprint density at radius 2 is 2.06 bits per heavy atom. The molecule has 1 atom stereocenters. The van der Waals surface area contributed by atoms with Crippen LogP contribution in [-0.4, -0.2) is 16.5 Å². The zero-order valence-electron chi connectivity index (χ0n) is 9.96. The van der Waals surface area contributed by atoms with Crippen molar-refractivity contribution in [3.05, 3.63) is 53.0 Å². The lowest BCUT2D eigenvalue weighted by Crippen LogP contribution is -2.23. The predicted molar refractivity (Wildman–Crippen MR) is 75.5 cm³/mol. The fourth-order valence-electron chi connectivity index (χ4n) is 2.58. The molecule has 1 saturated heterocycles. The minimum Gasteiger partial charge on any atom is -0.363 e. The lowest BCUT2D eigenvalue weighted by molar-refractivity contribution is 0.714. The van der Waals surface area contributed by atoms with Gasteiger partial charge in [-0.25, -0.2) is 0 Å². The summed E-state index contributed by atoms with van der Waals surface area (Å²) in [5.74, 6) is 0. The molecule has 0 aliphatic carbocycles. The quantitative estimate of drug-likeness (QED) is 0.849. The van der Waals surface area contributed by atoms with Crippen molar-refractivity contribution in [1.29, 1.82) is 0 Å². The summed E-state index contributed by atoms with van der Waals surface area (Å²) < 4.78 is 1.06. The number of nitrogens with zero attached hydrogens (tertiary/aromatic N) is 3. The van der Waals surface area contributed by atoms with Crippen LogP contribution in [0.5, 0.6) is 0 Å². The first-order chi connectivity index (χ1) is 8.86. The Balaban J connectivity index is 1.95. The summed E-state index contributed by atoms with van der Waals surface area (Å²) in [7, 11) is 0. The van der Waals surface area contributed by atoms with Crippen LogP contribution in [0.25, 0.3) is 0 Å². The van der Waals surface area contributed by atoms with Gasteiger partial charge in [0.2, 0.25) is 0 Å². The molecule has 1 aliphatic rings. The second kappa shape index (κ2) is 5.06. The molecule has 92 valence electrons. The van der Waals surface area contributed by atoms with Crippen LogP contribution in [0.15, 0.2) is 47.5 Å². The van der Waals surface area contributed by atoms with Crippen molar-refractivity contribution in [1.82, 2.24) is 9.97 Å². The summed E-state index contributed by atoms with van der Waals surface area (Å²) in [5, 5.41) is 0. The Bertz CT molecular complexity index is 530. The molecule has 1 fully saturated rings. The van der Waals surface area contributed by atoms with Crippen molar-refractivity contribution in [2.45, 2.75) is 18.9 Å². The van der Waals surface area contributed by atoms with Crippen molar-refractivity contribution >= 4 is 21.6 Å². The largest absolute Gasteiger partial charge is 0.363 e. The zero-order chi connectivity index (χ0) is 12.4. The maximum Gasteiger partial charge on any atom is 0.0592 e. The van der Waals surface area contributed by atoms with Gasteiger partial charge in [-0.05, 0) is 46.5 Å². The lowest BCUT2D eigenvalue weighted by atomic mass is 10.1. The molecule has 0 N–H and O–H groups in total. The van der Waals surface area contributed by atoms with Crippen LogP contribution in [0.2, 0.25) is 0 Å². The Morgan fingerprint density at radius 3 is 2.83 bits per heavy atom. The predicted octanol–water partition coefficient (Wildman–Crippen LogP) is 3.58. The van der Waals surface area contributed by atoms with Gasteiger partial charge in [0.15, 0.2) is 0 Å². The average molecular weight is 304 g/mol. The van der Waals surface area contributed by atoms with E-state index >= 15 is 0 Å². The molecule has 2 aromatic rings. The fraction of sp³-hybridized carbons (Fsp3) is 0.286. The maximum absolute atomic E-state index is 4.23. The molecule has 0 spiro atoms. The molecule has 3 heterocycles. The number of halogens is 1. The van der Waals surface area contributed by atoms with Crippen LogP contribution in [-0.2, 0) is 0 Å². The van der Waals surface area contributed by atoms with Crippen LogP contribution in [0.1, 0.15) is 24.4 Å². The van der Waals surface area contributed by atoms with Gasteiger partial charge in [0.05, 0.1) is 16.2 Å². The highest BCUT2D eigenvalue weighted by molar-refractivity contribution is 9.10. The van der Waals surface area contributed by atoms with Gasteiger partial charge in [-0.3, -0.25) is 9.97 Å². The topological polar surface area (TPSA) is 29.0 Å². The molecular weight excluding hydrogens is 290 g/mol. The second-order valence-electron chi connectivity index (χ2n) is 4.46. The standard InChI is InChI=1S/C14H14BrN3/c15-12-10-17-7-5-14(12)18-8-2-4-13(18)11-3-1-6-16-9-11/h1,3,5-7,9-10,13H,2,4,8H2. The molecule has 2 aromatic heterocycles. The van der Waals surface area contributed by atoms with E-state index in [-0.39, 0.29) is 0 Å². The van der Waals surface area contributed by atoms with Crippen molar-refractivity contribution in [3.63, 3.8) is 0 Å². The van der Waals surface area contributed by atoms with E-state index in [0.29, 0.717) is 6.04 Å². The first kappa shape index (κ1) is 11.7. The van der Waals surface area contributed by atoms with Gasteiger partial charge >= 0.3 is 0 Å². The fourth-order valence-corrected chi connectivity index (χ4v) is 3.05. The molecule has 4 heteroatoms. The van der Waals surface area contributed by atoms with Gasteiger partial charge in [-0.2, -0.15) is 0 Å². The Morgan fingerprint density at radius 1 is 1.17 bits per heavy atom. The van der Waals surface area contributed by atoms with E-state index in [1.54, 1.807) is 0 Å². The van der Waals surface area contributed by atoms with Gasteiger partial charge < -0.3 is 4.90 Å². The summed E-state index contributed by atoms with van der Waals surface area (Å²) in [5.41, 5.74) is 2.51. The molecule has 0 radical (unpaired) electrons. The monoisotopic (exact) mass is 303 g/mol. The summed E-state index contributed by atoms with van der Waals surface area (Å²) in [6.45, 7) is 1.09. The van der Waals surface area contributed by atoms with Crippen LogP contribution >= 0.6 is 15.9 Å². The third-order valence-electron chi connectivity index (χ3n) is 3.38. The van der Waals surface area contributed by atoms with Crippen molar-refractivity contribution in [2.24, 2.45) is 0 Å². The molecule has 0 bridgehead atoms. The van der Waals surface area contributed by atoms with Crippen LogP contribution in [0, 0.1) is 0 Å². The summed E-state index contributed by atoms with van der Waals surface area (Å²) in [6, 6.07) is 6.66. The molecule has 1 unspecified atom stereocenters. The summed E-state index contributed by atoms with van der Waals surface area (Å²) >= 11 is 3.59. The number of hydrogen-bond donors (Lipinski definition) is 0. The number of anilines is 1. The number of pyridine rings is 2. The number of aromatic nitrogens is 2. The summed E-state index contributed by atoms with van der Waals surface area (Å²) in [4.78, 5) is 10.8. The van der Waals surface area contributed by atoms with Gasteiger partial charge in [-0.15, -0.1) is 0 Å². The first-order valence-electron chi connectivity index (χ1n) is 6.12. The van der Waals surface area contributed by atoms with Crippen LogP contribution in [0.3, 0.4) is 0 Å². The van der Waals surface area contributed by atoms with Crippen molar-refractivity contribution < 1.29 is 0 Å². The first-order valence-corrected chi connectivity index (χ1v) is 6.91. The van der Waals surface area contributed by atoms with E-state index < -0.39 is 0 Å². The van der Waals surface area contributed by atoms with Gasteiger partial charge in [0.1, 0.15) is 0 Å². The third-order valence-corrected chi connectivity index (χ3v) is 3.99. The van der Waals surface area contributed by atoms with E-state index in [0.717, 1.165) is 11.0 Å². The van der Waals surface area contributed by atoms with Crippen LogP contribution in [0.4, 0.5) is 5.69 Å². The van der Waals surface area contributed by atoms with Gasteiger partial charge in [0.25, 0.3) is 0 Å². The molecular formula is C14H14BrN3. The zero-order valence-corrected chi connectivity index (χ0v) is 11.5. The van der Waals surface area contributed by atoms with E-state index in [2.05, 4.69) is 42.9 Å². The molecule has 3 nitrogen and oxygen atoms in total. The average Bonchev–Trinajstić information content (AvgIpc) is 2.89. The normalized spacial score (nSPS) is 19.2. The second-order valence-corrected chi connectivity index (χ2v) is 5.32. The minimum atomic E-state index is 0.428. The van der Waals surface area contributed by atoms with Gasteiger partial charge in [-0.1, -0.05) is 6.07 Å². The maximum atomic E-state index is 4.23. The molecule has 1 aliphatic heterocycles. The smallest absolute Gasteiger partial charge is 0.0592 e. The molecule has 0 saturated carbocycles.